The Morgan fingerprint density at radius 1 is 1.56 bits per heavy atom. The van der Waals surface area contributed by atoms with Crippen molar-refractivity contribution in [3.05, 3.63) is 16.6 Å². The minimum absolute atomic E-state index is 0.0483. The number of rotatable bonds is 4. The molecule has 0 aliphatic rings. The average molecular weight is 333 g/mol. The van der Waals surface area contributed by atoms with E-state index in [1.165, 1.54) is 19.2 Å². The molecule has 1 aromatic carbocycles. The maximum Gasteiger partial charge on any atom is 0.245 e. The molecular weight excluding hydrogens is 320 g/mol. The summed E-state index contributed by atoms with van der Waals surface area (Å²) in [7, 11) is -2.40. The van der Waals surface area contributed by atoms with Gasteiger partial charge in [0, 0.05) is 10.2 Å². The second kappa shape index (κ2) is 5.61. The summed E-state index contributed by atoms with van der Waals surface area (Å²) in [4.78, 5) is -0.0483. The first kappa shape index (κ1) is 14.8. The Morgan fingerprint density at radius 2 is 2.17 bits per heavy atom. The van der Waals surface area contributed by atoms with Crippen molar-refractivity contribution in [3.8, 4) is 18.1 Å². The zero-order valence-electron chi connectivity index (χ0n) is 9.90. The molecule has 0 saturated heterocycles. The molecule has 0 aliphatic heterocycles. The summed E-state index contributed by atoms with van der Waals surface area (Å²) in [6, 6.07) is 2.18. The summed E-state index contributed by atoms with van der Waals surface area (Å²) >= 11 is 3.20. The zero-order chi connectivity index (χ0) is 13.9. The van der Waals surface area contributed by atoms with Crippen LogP contribution < -0.4 is 15.2 Å². The lowest BCUT2D eigenvalue weighted by molar-refractivity contribution is 0.402. The number of nitrogens with two attached hydrogens (primary N) is 1. The van der Waals surface area contributed by atoms with Crippen molar-refractivity contribution >= 4 is 31.6 Å². The fourth-order valence-electron chi connectivity index (χ4n) is 1.25. The van der Waals surface area contributed by atoms with E-state index < -0.39 is 16.1 Å². The van der Waals surface area contributed by atoms with Gasteiger partial charge in [-0.25, -0.2) is 8.42 Å². The predicted molar refractivity (Wildman–Crippen MR) is 73.7 cm³/mol. The number of halogens is 1. The molecule has 5 nitrogen and oxygen atoms in total. The van der Waals surface area contributed by atoms with Crippen molar-refractivity contribution in [1.29, 1.82) is 0 Å². The van der Waals surface area contributed by atoms with Crippen LogP contribution in [0, 0.1) is 12.3 Å². The van der Waals surface area contributed by atoms with Gasteiger partial charge in [-0.3, -0.25) is 0 Å². The standard InChI is InChI=1S/C11H13BrN2O3S/c1-4-7(2)14-18(15,16)11-6-9(13)8(12)5-10(11)17-3/h1,5-7,14H,13H2,2-3H3. The normalized spacial score (nSPS) is 12.8. The van der Waals surface area contributed by atoms with Gasteiger partial charge in [0.1, 0.15) is 10.6 Å². The van der Waals surface area contributed by atoms with Gasteiger partial charge in [0.2, 0.25) is 10.0 Å². The lowest BCUT2D eigenvalue weighted by atomic mass is 10.3. The van der Waals surface area contributed by atoms with Crippen LogP contribution in [0.1, 0.15) is 6.92 Å². The van der Waals surface area contributed by atoms with Crippen LogP contribution in [0.25, 0.3) is 0 Å². The molecule has 18 heavy (non-hydrogen) atoms. The first-order chi connectivity index (χ1) is 8.31. The quantitative estimate of drug-likeness (QED) is 0.644. The number of anilines is 1. The molecule has 0 radical (unpaired) electrons. The van der Waals surface area contributed by atoms with Gasteiger partial charge in [-0.2, -0.15) is 4.72 Å². The Kier molecular flexibility index (Phi) is 4.62. The maximum absolute atomic E-state index is 12.1. The van der Waals surface area contributed by atoms with Crippen molar-refractivity contribution in [2.45, 2.75) is 17.9 Å². The molecule has 0 saturated carbocycles. The molecule has 0 aliphatic carbocycles. The largest absolute Gasteiger partial charge is 0.495 e. The highest BCUT2D eigenvalue weighted by Crippen LogP contribution is 2.32. The molecule has 0 heterocycles. The summed E-state index contributed by atoms with van der Waals surface area (Å²) in [6.07, 6.45) is 5.14. The van der Waals surface area contributed by atoms with Gasteiger partial charge in [0.15, 0.2) is 0 Å². The Balaban J connectivity index is 3.32. The van der Waals surface area contributed by atoms with Crippen molar-refractivity contribution in [2.24, 2.45) is 0 Å². The van der Waals surface area contributed by atoms with Gasteiger partial charge in [-0.1, -0.05) is 5.92 Å². The molecule has 0 bridgehead atoms. The number of terminal acetylenes is 1. The number of hydrogen-bond acceptors (Lipinski definition) is 4. The third-order valence-corrected chi connectivity index (χ3v) is 4.40. The number of hydrogen-bond donors (Lipinski definition) is 2. The molecule has 3 N–H and O–H groups in total. The van der Waals surface area contributed by atoms with Crippen molar-refractivity contribution in [1.82, 2.24) is 4.72 Å². The number of nitrogens with one attached hydrogen (secondary N) is 1. The van der Waals surface area contributed by atoms with E-state index in [0.717, 1.165) is 0 Å². The summed E-state index contributed by atoms with van der Waals surface area (Å²) in [5, 5.41) is 0. The number of benzene rings is 1. The third-order valence-electron chi connectivity index (χ3n) is 2.15. The summed E-state index contributed by atoms with van der Waals surface area (Å²) < 4.78 is 32.1. The van der Waals surface area contributed by atoms with Crippen LogP contribution in [0.3, 0.4) is 0 Å². The lowest BCUT2D eigenvalue weighted by Crippen LogP contribution is -2.31. The number of nitrogen functional groups attached to an aromatic ring is 1. The highest BCUT2D eigenvalue weighted by atomic mass is 79.9. The van der Waals surface area contributed by atoms with Crippen molar-refractivity contribution in [3.63, 3.8) is 0 Å². The topological polar surface area (TPSA) is 81.4 Å². The molecule has 0 aromatic heterocycles. The van der Waals surface area contributed by atoms with Gasteiger partial charge >= 0.3 is 0 Å². The average Bonchev–Trinajstić information content (AvgIpc) is 2.31. The molecule has 0 fully saturated rings. The second-order valence-electron chi connectivity index (χ2n) is 3.53. The van der Waals surface area contributed by atoms with Crippen LogP contribution in [-0.4, -0.2) is 21.6 Å². The highest BCUT2D eigenvalue weighted by molar-refractivity contribution is 9.10. The molecule has 1 rings (SSSR count). The molecule has 1 atom stereocenters. The van der Waals surface area contributed by atoms with E-state index in [4.69, 9.17) is 16.9 Å². The van der Waals surface area contributed by atoms with Crippen LogP contribution in [-0.2, 0) is 10.0 Å². The van der Waals surface area contributed by atoms with Crippen molar-refractivity contribution < 1.29 is 13.2 Å². The van der Waals surface area contributed by atoms with E-state index in [1.54, 1.807) is 6.92 Å². The van der Waals surface area contributed by atoms with E-state index in [1.807, 2.05) is 0 Å². The van der Waals surface area contributed by atoms with E-state index in [2.05, 4.69) is 26.6 Å². The fraction of sp³-hybridized carbons (Fsp3) is 0.273. The first-order valence-corrected chi connectivity index (χ1v) is 7.21. The van der Waals surface area contributed by atoms with Gasteiger partial charge in [0.05, 0.1) is 13.2 Å². The lowest BCUT2D eigenvalue weighted by Gasteiger charge is -2.13. The third kappa shape index (κ3) is 3.16. The van der Waals surface area contributed by atoms with Crippen molar-refractivity contribution in [2.75, 3.05) is 12.8 Å². The van der Waals surface area contributed by atoms with E-state index in [9.17, 15) is 8.42 Å². The van der Waals surface area contributed by atoms with E-state index in [-0.39, 0.29) is 10.6 Å². The van der Waals surface area contributed by atoms with E-state index >= 15 is 0 Å². The molecule has 1 aromatic rings. The number of ether oxygens (including phenoxy) is 1. The van der Waals surface area contributed by atoms with Crippen LogP contribution in [0.4, 0.5) is 5.69 Å². The van der Waals surface area contributed by atoms with E-state index in [0.29, 0.717) is 10.2 Å². The highest BCUT2D eigenvalue weighted by Gasteiger charge is 2.22. The van der Waals surface area contributed by atoms with Gasteiger partial charge < -0.3 is 10.5 Å². The summed E-state index contributed by atoms with van der Waals surface area (Å²) in [6.45, 7) is 1.56. The minimum atomic E-state index is -3.77. The Morgan fingerprint density at radius 3 is 2.67 bits per heavy atom. The van der Waals surface area contributed by atoms with Gasteiger partial charge in [-0.05, 0) is 35.0 Å². The minimum Gasteiger partial charge on any atom is -0.495 e. The van der Waals surface area contributed by atoms with Crippen LogP contribution in [0.5, 0.6) is 5.75 Å². The second-order valence-corrected chi connectivity index (χ2v) is 6.07. The molecule has 1 unspecified atom stereocenters. The Hall–Kier alpha value is -1.23. The SMILES string of the molecule is C#CC(C)NS(=O)(=O)c1cc(N)c(Br)cc1OC. The predicted octanol–water partition coefficient (Wildman–Crippen LogP) is 1.34. The number of methoxy groups -OCH3 is 1. The molecule has 0 amide bonds. The summed E-state index contributed by atoms with van der Waals surface area (Å²) in [5.74, 6) is 2.47. The Bertz CT molecular complexity index is 593. The Labute approximate surface area is 115 Å². The monoisotopic (exact) mass is 332 g/mol. The van der Waals surface area contributed by atoms with Crippen LogP contribution in [0.2, 0.25) is 0 Å². The summed E-state index contributed by atoms with van der Waals surface area (Å²) in [5.41, 5.74) is 5.97. The van der Waals surface area contributed by atoms with Crippen LogP contribution in [0.15, 0.2) is 21.5 Å². The smallest absolute Gasteiger partial charge is 0.245 e. The zero-order valence-corrected chi connectivity index (χ0v) is 12.3. The maximum atomic E-state index is 12.1. The molecule has 0 spiro atoms. The first-order valence-electron chi connectivity index (χ1n) is 4.93. The van der Waals surface area contributed by atoms with Crippen LogP contribution >= 0.6 is 15.9 Å². The number of sulfonamides is 1. The molecule has 98 valence electrons. The fourth-order valence-corrected chi connectivity index (χ4v) is 2.92. The van der Waals surface area contributed by atoms with Gasteiger partial charge in [-0.15, -0.1) is 6.42 Å². The molecular formula is C11H13BrN2O3S. The van der Waals surface area contributed by atoms with Gasteiger partial charge in [0.25, 0.3) is 0 Å². The molecule has 7 heteroatoms.